The van der Waals surface area contributed by atoms with Crippen molar-refractivity contribution in [3.8, 4) is 0 Å². The molecule has 4 rings (SSSR count). The molecule has 2 aliphatic rings. The van der Waals surface area contributed by atoms with Gasteiger partial charge in [0.1, 0.15) is 17.1 Å². The van der Waals surface area contributed by atoms with Crippen LogP contribution < -0.4 is 0 Å². The van der Waals surface area contributed by atoms with E-state index in [1.807, 2.05) is 24.0 Å². The first-order valence-corrected chi connectivity index (χ1v) is 12.7. The van der Waals surface area contributed by atoms with Gasteiger partial charge >= 0.3 is 0 Å². The number of carbonyl (C=O) groups excluding carboxylic acids is 2. The van der Waals surface area contributed by atoms with Crippen molar-refractivity contribution in [1.82, 2.24) is 9.88 Å². The Hall–Kier alpha value is -1.96. The molecule has 4 nitrogen and oxygen atoms in total. The van der Waals surface area contributed by atoms with Crippen LogP contribution in [-0.4, -0.2) is 40.3 Å². The van der Waals surface area contributed by atoms with Gasteiger partial charge in [-0.1, -0.05) is 35.1 Å². The summed E-state index contributed by atoms with van der Waals surface area (Å²) in [4.78, 5) is 31.0. The van der Waals surface area contributed by atoms with Gasteiger partial charge in [-0.2, -0.15) is 0 Å². The molecule has 1 aromatic heterocycles. The highest BCUT2D eigenvalue weighted by atomic mass is 33.1. The molecule has 7 heteroatoms. The number of nitrogens with zero attached hydrogens (tertiary/aromatic N) is 2. The number of likely N-dealkylation sites (tertiary alicyclic amines) is 1. The van der Waals surface area contributed by atoms with Gasteiger partial charge in [0.2, 0.25) is 0 Å². The van der Waals surface area contributed by atoms with Crippen LogP contribution in [0, 0.1) is 18.7 Å². The summed E-state index contributed by atoms with van der Waals surface area (Å²) in [6, 6.07) is 9.91. The van der Waals surface area contributed by atoms with Gasteiger partial charge in [0, 0.05) is 36.0 Å². The van der Waals surface area contributed by atoms with E-state index in [2.05, 4.69) is 4.98 Å². The Labute approximate surface area is 190 Å². The fraction of sp³-hybridized carbons (Fsp3) is 0.375. The number of pyridine rings is 1. The molecule has 2 unspecified atom stereocenters. The van der Waals surface area contributed by atoms with Crippen LogP contribution in [-0.2, 0) is 9.59 Å². The van der Waals surface area contributed by atoms with Gasteiger partial charge in [0.05, 0.1) is 6.04 Å². The van der Waals surface area contributed by atoms with Crippen molar-refractivity contribution < 1.29 is 14.0 Å². The van der Waals surface area contributed by atoms with Gasteiger partial charge < -0.3 is 0 Å². The first-order valence-electron chi connectivity index (χ1n) is 10.5. The maximum atomic E-state index is 14.6. The topological polar surface area (TPSA) is 50.3 Å². The molecular formula is C24H25FN2O2S2. The predicted molar refractivity (Wildman–Crippen MR) is 123 cm³/mol. The molecule has 2 fully saturated rings. The number of carbonyl (C=O) groups is 2. The molecule has 162 valence electrons. The number of rotatable bonds is 8. The van der Waals surface area contributed by atoms with Crippen molar-refractivity contribution in [3.05, 3.63) is 71.2 Å². The SMILES string of the molecule is Cc1cccnc1SSC1CCN(C(C(=O)C2CC2)c2ccccc2F)C/C1=C/C=O. The van der Waals surface area contributed by atoms with Crippen molar-refractivity contribution in [3.63, 3.8) is 0 Å². The minimum atomic E-state index is -0.597. The molecule has 1 saturated carbocycles. The molecule has 2 atom stereocenters. The van der Waals surface area contributed by atoms with E-state index in [1.54, 1.807) is 52.1 Å². The third-order valence-electron chi connectivity index (χ3n) is 5.78. The third kappa shape index (κ3) is 5.27. The zero-order chi connectivity index (χ0) is 21.8. The Kier molecular flexibility index (Phi) is 7.25. The Balaban J connectivity index is 1.53. The molecule has 1 aromatic carbocycles. The molecule has 1 aliphatic carbocycles. The summed E-state index contributed by atoms with van der Waals surface area (Å²) in [6.07, 6.45) is 6.75. The normalized spacial score (nSPS) is 21.7. The molecule has 1 aliphatic heterocycles. The zero-order valence-electron chi connectivity index (χ0n) is 17.4. The number of benzene rings is 1. The van der Waals surface area contributed by atoms with Crippen molar-refractivity contribution >= 4 is 33.7 Å². The summed E-state index contributed by atoms with van der Waals surface area (Å²) in [5.74, 6) is -0.224. The number of halogens is 1. The van der Waals surface area contributed by atoms with E-state index < -0.39 is 6.04 Å². The fourth-order valence-electron chi connectivity index (χ4n) is 3.94. The lowest BCUT2D eigenvalue weighted by atomic mass is 9.93. The highest BCUT2D eigenvalue weighted by Gasteiger charge is 2.41. The first-order chi connectivity index (χ1) is 15.1. The van der Waals surface area contributed by atoms with Crippen LogP contribution in [0.4, 0.5) is 4.39 Å². The first kappa shape index (κ1) is 22.2. The highest BCUT2D eigenvalue weighted by Crippen LogP contribution is 2.43. The van der Waals surface area contributed by atoms with Crippen LogP contribution in [0.2, 0.25) is 0 Å². The number of aromatic nitrogens is 1. The van der Waals surface area contributed by atoms with Gasteiger partial charge in [-0.05, 0) is 66.3 Å². The zero-order valence-corrected chi connectivity index (χ0v) is 19.0. The van der Waals surface area contributed by atoms with E-state index in [0.717, 1.165) is 41.7 Å². The van der Waals surface area contributed by atoms with Crippen molar-refractivity contribution in [1.29, 1.82) is 0 Å². The number of Topliss-reactive ketones (excluding diaryl/α,β-unsaturated/α-hetero) is 1. The number of aryl methyl sites for hydroxylation is 1. The van der Waals surface area contributed by atoms with E-state index in [4.69, 9.17) is 0 Å². The molecule has 2 aromatic rings. The molecular weight excluding hydrogens is 431 g/mol. The monoisotopic (exact) mass is 456 g/mol. The molecule has 1 saturated heterocycles. The van der Waals surface area contributed by atoms with Crippen LogP contribution in [0.25, 0.3) is 0 Å². The van der Waals surface area contributed by atoms with E-state index in [9.17, 15) is 14.0 Å². The number of hydrogen-bond donors (Lipinski definition) is 0. The number of piperidine rings is 1. The molecule has 0 radical (unpaired) electrons. The van der Waals surface area contributed by atoms with Gasteiger partial charge in [-0.3, -0.25) is 14.5 Å². The van der Waals surface area contributed by atoms with Crippen LogP contribution in [0.3, 0.4) is 0 Å². The minimum absolute atomic E-state index is 0.0258. The van der Waals surface area contributed by atoms with Gasteiger partial charge in [-0.25, -0.2) is 9.37 Å². The fourth-order valence-corrected chi connectivity index (χ4v) is 6.74. The van der Waals surface area contributed by atoms with E-state index in [0.29, 0.717) is 18.7 Å². The van der Waals surface area contributed by atoms with Crippen molar-refractivity contribution in [2.45, 2.75) is 42.5 Å². The molecule has 0 N–H and O–H groups in total. The Morgan fingerprint density at radius 2 is 2.03 bits per heavy atom. The van der Waals surface area contributed by atoms with Gasteiger partial charge in [0.25, 0.3) is 0 Å². The maximum absolute atomic E-state index is 14.6. The highest BCUT2D eigenvalue weighted by molar-refractivity contribution is 8.77. The van der Waals surface area contributed by atoms with Crippen LogP contribution in [0.1, 0.15) is 36.4 Å². The van der Waals surface area contributed by atoms with Crippen LogP contribution in [0.5, 0.6) is 0 Å². The lowest BCUT2D eigenvalue weighted by molar-refractivity contribution is -0.126. The lowest BCUT2D eigenvalue weighted by Crippen LogP contribution is -2.43. The second kappa shape index (κ2) is 10.1. The second-order valence-electron chi connectivity index (χ2n) is 8.03. The summed E-state index contributed by atoms with van der Waals surface area (Å²) >= 11 is 0. The predicted octanol–water partition coefficient (Wildman–Crippen LogP) is 5.19. The van der Waals surface area contributed by atoms with E-state index in [1.165, 1.54) is 6.07 Å². The minimum Gasteiger partial charge on any atom is -0.299 e. The number of ketones is 1. The van der Waals surface area contributed by atoms with Crippen LogP contribution in [0.15, 0.2) is 59.3 Å². The van der Waals surface area contributed by atoms with Crippen molar-refractivity contribution in [2.75, 3.05) is 13.1 Å². The Morgan fingerprint density at radius 3 is 2.74 bits per heavy atom. The second-order valence-corrected chi connectivity index (χ2v) is 10.4. The average molecular weight is 457 g/mol. The molecule has 0 spiro atoms. The quantitative estimate of drug-likeness (QED) is 0.310. The van der Waals surface area contributed by atoms with Gasteiger partial charge in [-0.15, -0.1) is 0 Å². The lowest BCUT2D eigenvalue weighted by Gasteiger charge is -2.38. The number of hydrogen-bond acceptors (Lipinski definition) is 6. The third-order valence-corrected chi connectivity index (χ3v) is 8.69. The summed E-state index contributed by atoms with van der Waals surface area (Å²) in [6.45, 7) is 3.19. The maximum Gasteiger partial charge on any atom is 0.157 e. The standard InChI is InChI=1S/C24H25FN2O2S2/c1-16-5-4-12-26-24(16)31-30-21-10-13-27(15-18(21)11-14-28)22(23(29)17-8-9-17)19-6-2-3-7-20(19)25/h2-7,11-12,14,17,21-22H,8-10,13,15H2,1H3/b18-11-. The van der Waals surface area contributed by atoms with E-state index >= 15 is 0 Å². The summed E-state index contributed by atoms with van der Waals surface area (Å²) in [5.41, 5.74) is 2.53. The Morgan fingerprint density at radius 1 is 1.23 bits per heavy atom. The summed E-state index contributed by atoms with van der Waals surface area (Å²) in [7, 11) is 3.31. The molecule has 0 amide bonds. The number of allylic oxidation sites excluding steroid dienone is 1. The molecule has 2 heterocycles. The largest absolute Gasteiger partial charge is 0.299 e. The smallest absolute Gasteiger partial charge is 0.157 e. The van der Waals surface area contributed by atoms with Crippen LogP contribution >= 0.6 is 21.6 Å². The van der Waals surface area contributed by atoms with E-state index in [-0.39, 0.29) is 22.8 Å². The van der Waals surface area contributed by atoms with Crippen molar-refractivity contribution in [2.24, 2.45) is 5.92 Å². The average Bonchev–Trinajstić information content (AvgIpc) is 3.61. The number of aldehydes is 1. The summed E-state index contributed by atoms with van der Waals surface area (Å²) in [5, 5.41) is 1.11. The Bertz CT molecular complexity index is 993. The summed E-state index contributed by atoms with van der Waals surface area (Å²) < 4.78 is 14.6. The molecule has 0 bridgehead atoms. The molecule has 31 heavy (non-hydrogen) atoms. The van der Waals surface area contributed by atoms with Gasteiger partial charge in [0.15, 0.2) is 5.78 Å².